The van der Waals surface area contributed by atoms with Crippen molar-refractivity contribution in [3.8, 4) is 11.3 Å². The molecular formula is C19H20N4S. The van der Waals surface area contributed by atoms with Crippen LogP contribution in [0.2, 0.25) is 0 Å². The lowest BCUT2D eigenvalue weighted by Gasteiger charge is -2.22. The van der Waals surface area contributed by atoms with Gasteiger partial charge in [0.15, 0.2) is 0 Å². The Morgan fingerprint density at radius 2 is 2.08 bits per heavy atom. The third-order valence-electron chi connectivity index (χ3n) is 4.41. The van der Waals surface area contributed by atoms with Crippen molar-refractivity contribution in [2.45, 2.75) is 32.4 Å². The standard InChI is InChI=1S/C19H20N4S/c1-14-12-16(15-6-3-2-4-7-15)22-18(21-14)13-23-10-5-8-17(23)19-20-9-11-24-19/h2-4,6-7,9,11-12,17H,5,8,10,13H2,1H3/t17-/m0/s1. The number of thiazole rings is 1. The lowest BCUT2D eigenvalue weighted by molar-refractivity contribution is 0.241. The SMILES string of the molecule is Cc1cc(-c2ccccc2)nc(CN2CCC[C@H]2c2nccs2)n1. The molecule has 24 heavy (non-hydrogen) atoms. The number of aromatic nitrogens is 3. The van der Waals surface area contributed by atoms with Gasteiger partial charge in [-0.15, -0.1) is 11.3 Å². The van der Waals surface area contributed by atoms with Gasteiger partial charge in [0.2, 0.25) is 0 Å². The number of rotatable bonds is 4. The first kappa shape index (κ1) is 15.4. The van der Waals surface area contributed by atoms with Crippen molar-refractivity contribution in [1.29, 1.82) is 0 Å². The summed E-state index contributed by atoms with van der Waals surface area (Å²) in [4.78, 5) is 16.5. The molecule has 0 saturated carbocycles. The van der Waals surface area contributed by atoms with E-state index in [-0.39, 0.29) is 0 Å². The monoisotopic (exact) mass is 336 g/mol. The van der Waals surface area contributed by atoms with Crippen LogP contribution < -0.4 is 0 Å². The van der Waals surface area contributed by atoms with E-state index in [1.54, 1.807) is 11.3 Å². The second-order valence-electron chi connectivity index (χ2n) is 6.18. The lowest BCUT2D eigenvalue weighted by atomic mass is 10.1. The van der Waals surface area contributed by atoms with Gasteiger partial charge in [0.05, 0.1) is 18.3 Å². The molecule has 0 aliphatic carbocycles. The summed E-state index contributed by atoms with van der Waals surface area (Å²) < 4.78 is 0. The molecule has 0 bridgehead atoms. The van der Waals surface area contributed by atoms with Gasteiger partial charge in [-0.3, -0.25) is 4.90 Å². The highest BCUT2D eigenvalue weighted by molar-refractivity contribution is 7.09. The minimum absolute atomic E-state index is 0.411. The third-order valence-corrected chi connectivity index (χ3v) is 5.29. The molecule has 1 aliphatic rings. The first-order chi connectivity index (χ1) is 11.8. The van der Waals surface area contributed by atoms with Crippen LogP contribution in [0.1, 0.15) is 35.4 Å². The van der Waals surface area contributed by atoms with E-state index in [0.717, 1.165) is 35.9 Å². The zero-order valence-corrected chi connectivity index (χ0v) is 14.5. The van der Waals surface area contributed by atoms with Gasteiger partial charge in [-0.1, -0.05) is 30.3 Å². The summed E-state index contributed by atoms with van der Waals surface area (Å²) in [6.07, 6.45) is 4.28. The molecule has 0 unspecified atom stereocenters. The molecule has 1 aliphatic heterocycles. The highest BCUT2D eigenvalue weighted by Crippen LogP contribution is 2.33. The first-order valence-electron chi connectivity index (χ1n) is 8.33. The van der Waals surface area contributed by atoms with Gasteiger partial charge in [-0.05, 0) is 32.4 Å². The van der Waals surface area contributed by atoms with Gasteiger partial charge in [0, 0.05) is 22.8 Å². The Balaban J connectivity index is 1.59. The van der Waals surface area contributed by atoms with E-state index in [4.69, 9.17) is 4.98 Å². The topological polar surface area (TPSA) is 41.9 Å². The maximum atomic E-state index is 4.81. The summed E-state index contributed by atoms with van der Waals surface area (Å²) >= 11 is 1.74. The van der Waals surface area contributed by atoms with Gasteiger partial charge in [0.25, 0.3) is 0 Å². The molecule has 0 amide bonds. The number of hydrogen-bond donors (Lipinski definition) is 0. The molecule has 4 nitrogen and oxygen atoms in total. The Bertz CT molecular complexity index is 801. The van der Waals surface area contributed by atoms with Crippen LogP contribution in [0.25, 0.3) is 11.3 Å². The Hall–Kier alpha value is -2.11. The quantitative estimate of drug-likeness (QED) is 0.714. The van der Waals surface area contributed by atoms with Crippen molar-refractivity contribution in [2.75, 3.05) is 6.54 Å². The third kappa shape index (κ3) is 3.23. The van der Waals surface area contributed by atoms with E-state index < -0.39 is 0 Å². The molecule has 1 atom stereocenters. The van der Waals surface area contributed by atoms with Crippen LogP contribution in [0, 0.1) is 6.92 Å². The van der Waals surface area contributed by atoms with Crippen molar-refractivity contribution in [3.05, 3.63) is 64.5 Å². The Morgan fingerprint density at radius 1 is 1.21 bits per heavy atom. The van der Waals surface area contributed by atoms with E-state index in [0.29, 0.717) is 6.04 Å². The molecule has 0 radical (unpaired) electrons. The van der Waals surface area contributed by atoms with Crippen LogP contribution in [0.5, 0.6) is 0 Å². The van der Waals surface area contributed by atoms with E-state index in [1.807, 2.05) is 31.3 Å². The van der Waals surface area contributed by atoms with Crippen molar-refractivity contribution in [2.24, 2.45) is 0 Å². The van der Waals surface area contributed by atoms with Crippen LogP contribution in [0.3, 0.4) is 0 Å². The predicted molar refractivity (Wildman–Crippen MR) is 96.7 cm³/mol. The fraction of sp³-hybridized carbons (Fsp3) is 0.316. The van der Waals surface area contributed by atoms with Crippen LogP contribution in [-0.4, -0.2) is 26.4 Å². The maximum Gasteiger partial charge on any atom is 0.143 e. The van der Waals surface area contributed by atoms with Crippen molar-refractivity contribution >= 4 is 11.3 Å². The van der Waals surface area contributed by atoms with Gasteiger partial charge in [-0.25, -0.2) is 15.0 Å². The summed E-state index contributed by atoms with van der Waals surface area (Å²) in [7, 11) is 0. The van der Waals surface area contributed by atoms with Gasteiger partial charge in [0.1, 0.15) is 10.8 Å². The highest BCUT2D eigenvalue weighted by atomic mass is 32.1. The maximum absolute atomic E-state index is 4.81. The first-order valence-corrected chi connectivity index (χ1v) is 9.21. The van der Waals surface area contributed by atoms with Gasteiger partial charge in [-0.2, -0.15) is 0 Å². The smallest absolute Gasteiger partial charge is 0.143 e. The minimum atomic E-state index is 0.411. The second kappa shape index (κ2) is 6.79. The Labute approximate surface area is 146 Å². The molecule has 1 saturated heterocycles. The predicted octanol–water partition coefficient (Wildman–Crippen LogP) is 4.25. The average molecular weight is 336 g/mol. The Kier molecular flexibility index (Phi) is 4.36. The molecular weight excluding hydrogens is 316 g/mol. The molecule has 122 valence electrons. The fourth-order valence-electron chi connectivity index (χ4n) is 3.33. The number of hydrogen-bond acceptors (Lipinski definition) is 5. The molecule has 3 aromatic rings. The summed E-state index contributed by atoms with van der Waals surface area (Å²) in [6, 6.07) is 12.8. The van der Waals surface area contributed by atoms with Crippen molar-refractivity contribution < 1.29 is 0 Å². The normalized spacial score (nSPS) is 18.1. The lowest BCUT2D eigenvalue weighted by Crippen LogP contribution is -2.24. The summed E-state index contributed by atoms with van der Waals surface area (Å²) in [5, 5.41) is 3.27. The van der Waals surface area contributed by atoms with Crippen molar-refractivity contribution in [1.82, 2.24) is 19.9 Å². The zero-order chi connectivity index (χ0) is 16.4. The highest BCUT2D eigenvalue weighted by Gasteiger charge is 2.28. The molecule has 5 heteroatoms. The van der Waals surface area contributed by atoms with E-state index >= 15 is 0 Å². The molecule has 1 fully saturated rings. The molecule has 2 aromatic heterocycles. The van der Waals surface area contributed by atoms with Crippen LogP contribution in [-0.2, 0) is 6.54 Å². The van der Waals surface area contributed by atoms with E-state index in [9.17, 15) is 0 Å². The largest absolute Gasteiger partial charge is 0.286 e. The molecule has 3 heterocycles. The number of likely N-dealkylation sites (tertiary alicyclic amines) is 1. The fourth-order valence-corrected chi connectivity index (χ4v) is 4.14. The number of aryl methyl sites for hydroxylation is 1. The molecule has 0 N–H and O–H groups in total. The van der Waals surface area contributed by atoms with Crippen molar-refractivity contribution in [3.63, 3.8) is 0 Å². The Morgan fingerprint density at radius 3 is 2.88 bits per heavy atom. The molecule has 4 rings (SSSR count). The van der Waals surface area contributed by atoms with E-state index in [2.05, 4.69) is 38.4 Å². The average Bonchev–Trinajstić information content (AvgIpc) is 3.26. The number of nitrogens with zero attached hydrogens (tertiary/aromatic N) is 4. The summed E-state index contributed by atoms with van der Waals surface area (Å²) in [6.45, 7) is 3.91. The van der Waals surface area contributed by atoms with Crippen LogP contribution >= 0.6 is 11.3 Å². The van der Waals surface area contributed by atoms with Gasteiger partial charge >= 0.3 is 0 Å². The molecule has 1 aromatic carbocycles. The van der Waals surface area contributed by atoms with E-state index in [1.165, 1.54) is 17.8 Å². The zero-order valence-electron chi connectivity index (χ0n) is 13.7. The van der Waals surface area contributed by atoms with Gasteiger partial charge < -0.3 is 0 Å². The summed E-state index contributed by atoms with van der Waals surface area (Å²) in [5.74, 6) is 0.900. The summed E-state index contributed by atoms with van der Waals surface area (Å²) in [5.41, 5.74) is 3.16. The molecule has 0 spiro atoms. The van der Waals surface area contributed by atoms with Crippen LogP contribution in [0.15, 0.2) is 48.0 Å². The second-order valence-corrected chi connectivity index (χ2v) is 7.10. The van der Waals surface area contributed by atoms with Crippen LogP contribution in [0.4, 0.5) is 0 Å². The minimum Gasteiger partial charge on any atom is -0.286 e. The number of benzene rings is 1.